The summed E-state index contributed by atoms with van der Waals surface area (Å²) in [5.74, 6) is -3.83. The Kier molecular flexibility index (Phi) is 46.6. The Morgan fingerprint density at radius 3 is 0.991 bits per heavy atom. The molecule has 0 saturated heterocycles. The lowest BCUT2D eigenvalue weighted by Gasteiger charge is -2.05. The highest BCUT2D eigenvalue weighted by molar-refractivity contribution is 6.32. The summed E-state index contributed by atoms with van der Waals surface area (Å²) in [6, 6.07) is 45.4. The molecule has 0 bridgehead atoms. The zero-order chi connectivity index (χ0) is 83.7. The molecule has 0 radical (unpaired) electrons. The van der Waals surface area contributed by atoms with Crippen LogP contribution in [0.15, 0.2) is 194 Å². The summed E-state index contributed by atoms with van der Waals surface area (Å²) in [7, 11) is 9.50. The van der Waals surface area contributed by atoms with Crippen LogP contribution in [0.2, 0.25) is 5.02 Å². The van der Waals surface area contributed by atoms with Crippen LogP contribution in [-0.4, -0.2) is 97.2 Å². The van der Waals surface area contributed by atoms with Gasteiger partial charge >= 0.3 is 35.8 Å². The van der Waals surface area contributed by atoms with Crippen LogP contribution in [0.3, 0.4) is 0 Å². The van der Waals surface area contributed by atoms with E-state index in [-0.39, 0.29) is 52.4 Å². The standard InChI is InChI=1S/C12H14O3.C12H14O2.2C12H14O.C11H11ClO2.C11H10F2O2.C11H11FO2.C11H12O2/c1-9-4-5-10(11(8-9)14-2)6-7-12(13)15-3;1-9-4-5-11(10(2)8-9)6-7-12(13)14-3;2*1-9-4-6-12(8-10(9)2)7-5-11(3)13;1-8-3-4-9(10(12)7-8)5-6-11(13)14-2;1-7-3-4-8(11(13)10(7)12)5-6-9(14)15-2;1-8-3-4-9(10(12)7-8)5-6-11(13)14-2;1-9-3-5-10(6-4-9)7-8-11(12)13-2/h4-8H,1-3H3;4-8H,1-3H3;2*4-8H,1-3H3;3-7H,1-2H3;3-6H,1-2H3;3-7H,1-2H3;3-8H,1-2H3/b2*7-6+;2*7-5+;3*6-5+;8-7+. The number of esters is 6. The Morgan fingerprint density at radius 1 is 0.279 bits per heavy atom. The molecule has 8 rings (SSSR count). The Morgan fingerprint density at radius 2 is 0.595 bits per heavy atom. The quantitative estimate of drug-likeness (QED) is 0.0473. The monoisotopic (exact) mass is 1540 g/mol. The molecule has 0 N–H and O–H groups in total. The fourth-order valence-electron chi connectivity index (χ4n) is 8.50. The molecule has 0 aromatic heterocycles. The minimum atomic E-state index is -0.963. The molecule has 111 heavy (non-hydrogen) atoms. The predicted octanol–water partition coefficient (Wildman–Crippen LogP) is 20.3. The summed E-state index contributed by atoms with van der Waals surface area (Å²) in [5.41, 5.74) is 18.2. The lowest BCUT2D eigenvalue weighted by atomic mass is 10.1. The number of methoxy groups -OCH3 is 7. The van der Waals surface area contributed by atoms with E-state index in [1.54, 1.807) is 76.5 Å². The SMILES string of the molecule is CC(=O)/C=C/c1ccc(C)c(C)c1.CC(=O)/C=C/c1ccc(C)c(C)c1.COC(=O)/C=C/c1ccc(C)c(F)c1F.COC(=O)/C=C/c1ccc(C)cc1.COC(=O)/C=C/c1ccc(C)cc1C.COC(=O)/C=C/c1ccc(C)cc1Cl.COC(=O)/C=C/c1ccc(C)cc1F.COC(=O)/C=C/c1ccc(C)cc1OC. The molecule has 0 aliphatic carbocycles. The lowest BCUT2D eigenvalue weighted by Crippen LogP contribution is -1.95. The average molecular weight is 1540 g/mol. The van der Waals surface area contributed by atoms with E-state index in [9.17, 15) is 51.5 Å². The van der Waals surface area contributed by atoms with Gasteiger partial charge in [-0.3, -0.25) is 9.59 Å². The molecule has 8 aromatic carbocycles. The van der Waals surface area contributed by atoms with Crippen molar-refractivity contribution in [3.8, 4) is 5.75 Å². The highest BCUT2D eigenvalue weighted by atomic mass is 35.5. The van der Waals surface area contributed by atoms with Crippen molar-refractivity contribution in [2.75, 3.05) is 49.8 Å². The third-order valence-corrected chi connectivity index (χ3v) is 15.5. The van der Waals surface area contributed by atoms with Crippen LogP contribution in [0.1, 0.15) is 120 Å². The maximum Gasteiger partial charge on any atom is 0.330 e. The van der Waals surface area contributed by atoms with Crippen LogP contribution in [0.25, 0.3) is 48.6 Å². The third kappa shape index (κ3) is 41.6. The van der Waals surface area contributed by atoms with Gasteiger partial charge in [0.2, 0.25) is 0 Å². The van der Waals surface area contributed by atoms with Gasteiger partial charge in [-0.15, -0.1) is 0 Å². The zero-order valence-corrected chi connectivity index (χ0v) is 67.5. The molecule has 19 heteroatoms. The van der Waals surface area contributed by atoms with Gasteiger partial charge in [-0.2, -0.15) is 0 Å². The second-order valence-corrected chi connectivity index (χ2v) is 24.8. The van der Waals surface area contributed by atoms with Gasteiger partial charge in [-0.05, 0) is 235 Å². The number of carbonyl (C=O) groups is 8. The van der Waals surface area contributed by atoms with Gasteiger partial charge in [0.25, 0.3) is 0 Å². The van der Waals surface area contributed by atoms with Crippen LogP contribution in [0.4, 0.5) is 13.2 Å². The first-order valence-electron chi connectivity index (χ1n) is 34.4. The molecule has 0 atom stereocenters. The molecule has 0 spiro atoms. The van der Waals surface area contributed by atoms with Crippen molar-refractivity contribution >= 4 is 108 Å². The number of carbonyl (C=O) groups excluding carboxylic acids is 8. The maximum atomic E-state index is 13.2. The zero-order valence-electron chi connectivity index (χ0n) is 66.7. The van der Waals surface area contributed by atoms with E-state index < -0.39 is 23.6 Å². The smallest absolute Gasteiger partial charge is 0.330 e. The fourth-order valence-corrected chi connectivity index (χ4v) is 8.79. The van der Waals surface area contributed by atoms with E-state index in [0.29, 0.717) is 10.6 Å². The van der Waals surface area contributed by atoms with Gasteiger partial charge in [-0.25, -0.2) is 41.9 Å². The molecule has 8 aromatic rings. The van der Waals surface area contributed by atoms with E-state index in [1.165, 1.54) is 144 Å². The Balaban J connectivity index is 0.000000635. The van der Waals surface area contributed by atoms with Crippen LogP contribution in [-0.2, 0) is 66.8 Å². The van der Waals surface area contributed by atoms with Gasteiger partial charge in [-0.1, -0.05) is 162 Å². The fraction of sp³-hybridized carbons (Fsp3) is 0.217. The highest BCUT2D eigenvalue weighted by Gasteiger charge is 2.10. The van der Waals surface area contributed by atoms with Crippen molar-refractivity contribution in [3.05, 3.63) is 322 Å². The van der Waals surface area contributed by atoms with E-state index in [1.807, 2.05) is 132 Å². The Hall–Kier alpha value is -12.3. The second-order valence-electron chi connectivity index (χ2n) is 24.4. The summed E-state index contributed by atoms with van der Waals surface area (Å²) in [4.78, 5) is 86.1. The summed E-state index contributed by atoms with van der Waals surface area (Å²) in [5, 5.41) is 0.630. The maximum absolute atomic E-state index is 13.2. The molecule has 586 valence electrons. The summed E-state index contributed by atoms with van der Waals surface area (Å²) in [6.07, 6.45) is 24.0. The summed E-state index contributed by atoms with van der Waals surface area (Å²) >= 11 is 5.95. The number of benzene rings is 8. The van der Waals surface area contributed by atoms with Gasteiger partial charge in [0.1, 0.15) is 11.6 Å². The molecule has 0 aliphatic rings. The molecule has 0 fully saturated rings. The summed E-state index contributed by atoms with van der Waals surface area (Å²) in [6.45, 7) is 24.7. The number of hydrogen-bond donors (Lipinski definition) is 0. The molecule has 15 nitrogen and oxygen atoms in total. The Labute approximate surface area is 656 Å². The molecule has 0 unspecified atom stereocenters. The van der Waals surface area contributed by atoms with Gasteiger partial charge in [0.15, 0.2) is 23.2 Å². The lowest BCUT2D eigenvalue weighted by molar-refractivity contribution is -0.135. The number of hydrogen-bond acceptors (Lipinski definition) is 15. The molecular formula is C92H100ClF3O15. The molecular weight excluding hydrogens is 1440 g/mol. The van der Waals surface area contributed by atoms with Crippen LogP contribution < -0.4 is 4.74 Å². The van der Waals surface area contributed by atoms with Gasteiger partial charge in [0.05, 0.1) is 49.8 Å². The average Bonchev–Trinajstić information content (AvgIpc) is 0.855. The second kappa shape index (κ2) is 53.5. The molecule has 0 amide bonds. The number of rotatable bonds is 17. The van der Waals surface area contributed by atoms with E-state index in [0.717, 1.165) is 67.5 Å². The van der Waals surface area contributed by atoms with Gasteiger partial charge in [0, 0.05) is 58.2 Å². The first-order chi connectivity index (χ1) is 52.5. The first kappa shape index (κ1) is 96.7. The van der Waals surface area contributed by atoms with Crippen molar-refractivity contribution in [2.24, 2.45) is 0 Å². The van der Waals surface area contributed by atoms with Crippen molar-refractivity contribution in [1.29, 1.82) is 0 Å². The predicted molar refractivity (Wildman–Crippen MR) is 441 cm³/mol. The van der Waals surface area contributed by atoms with Crippen molar-refractivity contribution in [2.45, 2.75) is 90.0 Å². The highest BCUT2D eigenvalue weighted by Crippen LogP contribution is 2.23. The van der Waals surface area contributed by atoms with Gasteiger partial charge < -0.3 is 33.2 Å². The van der Waals surface area contributed by atoms with Crippen LogP contribution in [0.5, 0.6) is 5.75 Å². The van der Waals surface area contributed by atoms with Crippen LogP contribution in [0, 0.1) is 93.6 Å². The normalized spacial score (nSPS) is 10.5. The minimum Gasteiger partial charge on any atom is -0.496 e. The summed E-state index contributed by atoms with van der Waals surface area (Å²) < 4.78 is 71.4. The van der Waals surface area contributed by atoms with Crippen molar-refractivity contribution < 1.29 is 84.7 Å². The number of ether oxygens (including phenoxy) is 7. The van der Waals surface area contributed by atoms with E-state index in [4.69, 9.17) is 16.3 Å². The Bertz CT molecular complexity index is 4420. The molecule has 0 saturated carbocycles. The minimum absolute atomic E-state index is 0.0171. The topological polar surface area (TPSA) is 201 Å². The number of halogens is 4. The van der Waals surface area contributed by atoms with Crippen molar-refractivity contribution in [1.82, 2.24) is 0 Å². The third-order valence-electron chi connectivity index (χ3n) is 15.2. The first-order valence-corrected chi connectivity index (χ1v) is 34.7. The number of aryl methyl sites for hydroxylation is 11. The van der Waals surface area contributed by atoms with Crippen molar-refractivity contribution in [3.63, 3.8) is 0 Å². The molecule has 0 aliphatic heterocycles. The van der Waals surface area contributed by atoms with Crippen LogP contribution >= 0.6 is 11.6 Å². The van der Waals surface area contributed by atoms with E-state index in [2.05, 4.69) is 86.4 Å². The number of ketones is 2. The molecule has 0 heterocycles. The number of allylic oxidation sites excluding steroid dienone is 2. The van der Waals surface area contributed by atoms with E-state index >= 15 is 0 Å². The largest absolute Gasteiger partial charge is 0.496 e.